The van der Waals surface area contributed by atoms with E-state index in [1.807, 2.05) is 13.0 Å². The normalized spacial score (nSPS) is 15.6. The van der Waals surface area contributed by atoms with Gasteiger partial charge in [0.15, 0.2) is 5.11 Å². The van der Waals surface area contributed by atoms with Crippen molar-refractivity contribution in [3.63, 3.8) is 0 Å². The van der Waals surface area contributed by atoms with Gasteiger partial charge in [-0.1, -0.05) is 36.7 Å². The van der Waals surface area contributed by atoms with Gasteiger partial charge >= 0.3 is 0 Å². The van der Waals surface area contributed by atoms with Crippen LogP contribution in [0.1, 0.15) is 59.1 Å². The smallest absolute Gasteiger partial charge is 0.261 e. The van der Waals surface area contributed by atoms with Gasteiger partial charge in [0.05, 0.1) is 18.2 Å². The molecule has 0 unspecified atom stereocenters. The van der Waals surface area contributed by atoms with Crippen LogP contribution in [0.25, 0.3) is 0 Å². The number of halogens is 1. The maximum atomic E-state index is 12.8. The van der Waals surface area contributed by atoms with Gasteiger partial charge in [0.2, 0.25) is 0 Å². The van der Waals surface area contributed by atoms with Crippen LogP contribution in [0.5, 0.6) is 5.75 Å². The molecule has 0 saturated heterocycles. The standard InChI is InChI=1S/C23H26BrN3O2S2/c1-12-8-14(24)10-16(19(12)29-5)20(28)26-22(30)27-21-17(11-25)15-7-6-13(23(2,3)4)9-18(15)31-21/h8,10,13H,6-7,9H2,1-5H3,(H2,26,27,28,30)/t13-/m1/s1. The lowest BCUT2D eigenvalue weighted by Gasteiger charge is -2.33. The lowest BCUT2D eigenvalue weighted by atomic mass is 9.72. The average molecular weight is 521 g/mol. The lowest BCUT2D eigenvalue weighted by molar-refractivity contribution is 0.0974. The van der Waals surface area contributed by atoms with E-state index in [9.17, 15) is 10.1 Å². The Morgan fingerprint density at radius 2 is 2.10 bits per heavy atom. The minimum absolute atomic E-state index is 0.159. The van der Waals surface area contributed by atoms with E-state index in [0.717, 1.165) is 34.9 Å². The predicted octanol–water partition coefficient (Wildman–Crippen LogP) is 5.98. The summed E-state index contributed by atoms with van der Waals surface area (Å²) in [4.78, 5) is 14.1. The summed E-state index contributed by atoms with van der Waals surface area (Å²) in [6.45, 7) is 8.67. The van der Waals surface area contributed by atoms with Crippen molar-refractivity contribution in [1.82, 2.24) is 5.32 Å². The largest absolute Gasteiger partial charge is 0.496 e. The second kappa shape index (κ2) is 9.27. The molecule has 1 aromatic heterocycles. The van der Waals surface area contributed by atoms with Crippen molar-refractivity contribution in [3.8, 4) is 11.8 Å². The number of benzene rings is 1. The van der Waals surface area contributed by atoms with E-state index in [0.29, 0.717) is 27.8 Å². The molecule has 0 radical (unpaired) electrons. The number of methoxy groups -OCH3 is 1. The van der Waals surface area contributed by atoms with Gasteiger partial charge in [0.1, 0.15) is 16.8 Å². The van der Waals surface area contributed by atoms with Gasteiger partial charge in [-0.15, -0.1) is 11.3 Å². The molecule has 1 aliphatic rings. The number of rotatable bonds is 3. The number of carbonyl (C=O) groups is 1. The third-order valence-electron chi connectivity index (χ3n) is 5.74. The monoisotopic (exact) mass is 519 g/mol. The molecule has 0 saturated carbocycles. The Morgan fingerprint density at radius 3 is 2.71 bits per heavy atom. The lowest BCUT2D eigenvalue weighted by Crippen LogP contribution is -2.34. The number of nitrogens with one attached hydrogen (secondary N) is 2. The van der Waals surface area contributed by atoms with Crippen molar-refractivity contribution in [2.75, 3.05) is 12.4 Å². The SMILES string of the molecule is COc1c(C)cc(Br)cc1C(=O)NC(=S)Nc1sc2c(c1C#N)CC[C@@H](C(C)(C)C)C2. The van der Waals surface area contributed by atoms with Crippen molar-refractivity contribution in [2.45, 2.75) is 47.0 Å². The summed E-state index contributed by atoms with van der Waals surface area (Å²) in [7, 11) is 1.53. The summed E-state index contributed by atoms with van der Waals surface area (Å²) < 4.78 is 6.17. The Hall–Kier alpha value is -1.95. The van der Waals surface area contributed by atoms with Crippen molar-refractivity contribution in [1.29, 1.82) is 5.26 Å². The molecular formula is C23H26BrN3O2S2. The summed E-state index contributed by atoms with van der Waals surface area (Å²) in [5.74, 6) is 0.712. The van der Waals surface area contributed by atoms with Crippen LogP contribution in [0.2, 0.25) is 0 Å². The second-order valence-electron chi connectivity index (χ2n) is 8.84. The van der Waals surface area contributed by atoms with E-state index < -0.39 is 0 Å². The maximum absolute atomic E-state index is 12.8. The van der Waals surface area contributed by atoms with Gasteiger partial charge in [-0.05, 0) is 73.0 Å². The number of hydrogen-bond donors (Lipinski definition) is 2. The van der Waals surface area contributed by atoms with Crippen LogP contribution in [0, 0.1) is 29.6 Å². The molecule has 1 aromatic carbocycles. The molecule has 1 aliphatic carbocycles. The molecule has 0 spiro atoms. The molecule has 1 heterocycles. The van der Waals surface area contributed by atoms with Gasteiger partial charge in [-0.2, -0.15) is 5.26 Å². The molecule has 1 atom stereocenters. The highest BCUT2D eigenvalue weighted by molar-refractivity contribution is 9.10. The van der Waals surface area contributed by atoms with Crippen LogP contribution in [-0.2, 0) is 12.8 Å². The van der Waals surface area contributed by atoms with Crippen LogP contribution in [0.4, 0.5) is 5.00 Å². The first-order valence-corrected chi connectivity index (χ1v) is 12.1. The fourth-order valence-electron chi connectivity index (χ4n) is 4.01. The number of ether oxygens (including phenoxy) is 1. The molecule has 8 heteroatoms. The topological polar surface area (TPSA) is 74.2 Å². The Bertz CT molecular complexity index is 1080. The fraction of sp³-hybridized carbons (Fsp3) is 0.435. The first-order chi connectivity index (χ1) is 14.5. The van der Waals surface area contributed by atoms with Crippen molar-refractivity contribution in [3.05, 3.63) is 43.7 Å². The highest BCUT2D eigenvalue weighted by atomic mass is 79.9. The van der Waals surface area contributed by atoms with Crippen LogP contribution < -0.4 is 15.4 Å². The number of thiocarbonyl (C=S) groups is 1. The number of aryl methyl sites for hydroxylation is 1. The molecule has 2 aromatic rings. The number of nitrogens with zero attached hydrogens (tertiary/aromatic N) is 1. The van der Waals surface area contributed by atoms with Crippen molar-refractivity contribution >= 4 is 55.5 Å². The Kier molecular flexibility index (Phi) is 7.09. The molecule has 31 heavy (non-hydrogen) atoms. The quantitative estimate of drug-likeness (QED) is 0.488. The fourth-order valence-corrected chi connectivity index (χ4v) is 6.12. The van der Waals surface area contributed by atoms with E-state index in [4.69, 9.17) is 17.0 Å². The summed E-state index contributed by atoms with van der Waals surface area (Å²) in [6, 6.07) is 5.91. The number of carbonyl (C=O) groups excluding carboxylic acids is 1. The molecule has 0 bridgehead atoms. The summed E-state index contributed by atoms with van der Waals surface area (Å²) in [6.07, 6.45) is 2.93. The zero-order chi connectivity index (χ0) is 22.9. The number of amides is 1. The number of nitriles is 1. The molecule has 3 rings (SSSR count). The number of hydrogen-bond acceptors (Lipinski definition) is 5. The summed E-state index contributed by atoms with van der Waals surface area (Å²) >= 11 is 10.4. The second-order valence-corrected chi connectivity index (χ2v) is 11.3. The summed E-state index contributed by atoms with van der Waals surface area (Å²) in [5, 5.41) is 16.4. The van der Waals surface area contributed by atoms with Crippen molar-refractivity contribution in [2.24, 2.45) is 11.3 Å². The molecular weight excluding hydrogens is 494 g/mol. The molecule has 2 N–H and O–H groups in total. The third kappa shape index (κ3) is 5.11. The van der Waals surface area contributed by atoms with E-state index in [-0.39, 0.29) is 16.4 Å². The van der Waals surface area contributed by atoms with Crippen LogP contribution in [0.3, 0.4) is 0 Å². The maximum Gasteiger partial charge on any atom is 0.261 e. The number of thiophene rings is 1. The zero-order valence-corrected chi connectivity index (χ0v) is 21.5. The average Bonchev–Trinajstić information content (AvgIpc) is 3.02. The van der Waals surface area contributed by atoms with E-state index in [1.165, 1.54) is 12.0 Å². The minimum Gasteiger partial charge on any atom is -0.496 e. The van der Waals surface area contributed by atoms with Crippen molar-refractivity contribution < 1.29 is 9.53 Å². The Balaban J connectivity index is 1.79. The van der Waals surface area contributed by atoms with E-state index in [1.54, 1.807) is 17.4 Å². The Morgan fingerprint density at radius 1 is 1.39 bits per heavy atom. The van der Waals surface area contributed by atoms with E-state index in [2.05, 4.69) is 53.4 Å². The Labute approximate surface area is 201 Å². The third-order valence-corrected chi connectivity index (χ3v) is 7.58. The number of anilines is 1. The van der Waals surface area contributed by atoms with Gasteiger partial charge in [-0.3, -0.25) is 10.1 Å². The predicted molar refractivity (Wildman–Crippen MR) is 133 cm³/mol. The summed E-state index contributed by atoms with van der Waals surface area (Å²) in [5.41, 5.74) is 3.21. The zero-order valence-electron chi connectivity index (χ0n) is 18.3. The molecule has 5 nitrogen and oxygen atoms in total. The first-order valence-electron chi connectivity index (χ1n) is 10.1. The van der Waals surface area contributed by atoms with E-state index >= 15 is 0 Å². The van der Waals surface area contributed by atoms with Crippen LogP contribution in [-0.4, -0.2) is 18.1 Å². The van der Waals surface area contributed by atoms with Gasteiger partial charge in [0.25, 0.3) is 5.91 Å². The highest BCUT2D eigenvalue weighted by Crippen LogP contribution is 2.44. The molecule has 164 valence electrons. The minimum atomic E-state index is -0.369. The molecule has 1 amide bonds. The van der Waals surface area contributed by atoms with Gasteiger partial charge in [-0.25, -0.2) is 0 Å². The van der Waals surface area contributed by atoms with Crippen LogP contribution >= 0.6 is 39.5 Å². The first kappa shape index (κ1) is 23.7. The number of fused-ring (bicyclic) bond motifs is 1. The molecule has 0 fully saturated rings. The van der Waals surface area contributed by atoms with Gasteiger partial charge in [0, 0.05) is 9.35 Å². The highest BCUT2D eigenvalue weighted by Gasteiger charge is 2.32. The van der Waals surface area contributed by atoms with Crippen LogP contribution in [0.15, 0.2) is 16.6 Å². The van der Waals surface area contributed by atoms with Gasteiger partial charge < -0.3 is 10.1 Å². The molecule has 0 aliphatic heterocycles.